The standard InChI is InChI=1S/C12H26N2/c1-4-11(5-2)12(9-13)14-8-6-7-10(14)3/h10-12H,4-9,13H2,1-3H3. The van der Waals surface area contributed by atoms with E-state index in [1.165, 1.54) is 32.2 Å². The van der Waals surface area contributed by atoms with Gasteiger partial charge >= 0.3 is 0 Å². The highest BCUT2D eigenvalue weighted by atomic mass is 15.2. The van der Waals surface area contributed by atoms with E-state index < -0.39 is 0 Å². The molecule has 1 heterocycles. The van der Waals surface area contributed by atoms with E-state index in [4.69, 9.17) is 5.73 Å². The topological polar surface area (TPSA) is 29.3 Å². The number of nitrogens with zero attached hydrogens (tertiary/aromatic N) is 1. The Balaban J connectivity index is 2.59. The molecule has 0 spiro atoms. The van der Waals surface area contributed by atoms with Crippen molar-refractivity contribution in [2.75, 3.05) is 13.1 Å². The first-order valence-electron chi connectivity index (χ1n) is 6.20. The predicted octanol–water partition coefficient (Wildman–Crippen LogP) is 2.23. The first kappa shape index (κ1) is 12.0. The highest BCUT2D eigenvalue weighted by Crippen LogP contribution is 2.26. The molecule has 1 saturated heterocycles. The Bertz CT molecular complexity index is 154. The van der Waals surface area contributed by atoms with E-state index in [0.29, 0.717) is 6.04 Å². The van der Waals surface area contributed by atoms with Crippen LogP contribution in [-0.4, -0.2) is 30.1 Å². The summed E-state index contributed by atoms with van der Waals surface area (Å²) in [6.07, 6.45) is 5.25. The Kier molecular flexibility index (Phi) is 4.90. The van der Waals surface area contributed by atoms with Gasteiger partial charge < -0.3 is 5.73 Å². The van der Waals surface area contributed by atoms with E-state index in [2.05, 4.69) is 25.7 Å². The summed E-state index contributed by atoms with van der Waals surface area (Å²) in [5.41, 5.74) is 5.93. The first-order valence-corrected chi connectivity index (χ1v) is 6.20. The van der Waals surface area contributed by atoms with Crippen LogP contribution in [0.15, 0.2) is 0 Å². The molecule has 2 nitrogen and oxygen atoms in total. The van der Waals surface area contributed by atoms with Crippen molar-refractivity contribution in [3.05, 3.63) is 0 Å². The maximum Gasteiger partial charge on any atom is 0.0249 e. The van der Waals surface area contributed by atoms with Crippen molar-refractivity contribution in [3.63, 3.8) is 0 Å². The van der Waals surface area contributed by atoms with Gasteiger partial charge in [-0.25, -0.2) is 0 Å². The number of hydrogen-bond donors (Lipinski definition) is 1. The SMILES string of the molecule is CCC(CC)C(CN)N1CCCC1C. The summed E-state index contributed by atoms with van der Waals surface area (Å²) >= 11 is 0. The van der Waals surface area contributed by atoms with Crippen molar-refractivity contribution in [2.45, 2.75) is 58.5 Å². The molecule has 0 bridgehead atoms. The quantitative estimate of drug-likeness (QED) is 0.734. The third kappa shape index (κ3) is 2.48. The van der Waals surface area contributed by atoms with Gasteiger partial charge in [0.05, 0.1) is 0 Å². The molecule has 2 atom stereocenters. The Morgan fingerprint density at radius 1 is 1.36 bits per heavy atom. The summed E-state index contributed by atoms with van der Waals surface area (Å²) in [7, 11) is 0. The Morgan fingerprint density at radius 2 is 2.00 bits per heavy atom. The first-order chi connectivity index (χ1) is 6.74. The highest BCUT2D eigenvalue weighted by Gasteiger charge is 2.30. The zero-order chi connectivity index (χ0) is 10.6. The zero-order valence-corrected chi connectivity index (χ0v) is 10.00. The molecule has 0 aromatic heterocycles. The second-order valence-corrected chi connectivity index (χ2v) is 4.61. The van der Waals surface area contributed by atoms with Crippen LogP contribution in [0.4, 0.5) is 0 Å². The molecule has 0 aromatic carbocycles. The average Bonchev–Trinajstić information content (AvgIpc) is 2.61. The minimum atomic E-state index is 0.627. The van der Waals surface area contributed by atoms with Gasteiger partial charge in [0, 0.05) is 18.6 Å². The van der Waals surface area contributed by atoms with E-state index in [1.807, 2.05) is 0 Å². The van der Waals surface area contributed by atoms with Crippen molar-refractivity contribution >= 4 is 0 Å². The van der Waals surface area contributed by atoms with Crippen LogP contribution >= 0.6 is 0 Å². The fourth-order valence-corrected chi connectivity index (χ4v) is 2.88. The monoisotopic (exact) mass is 198 g/mol. The van der Waals surface area contributed by atoms with Crippen molar-refractivity contribution in [2.24, 2.45) is 11.7 Å². The predicted molar refractivity (Wildman–Crippen MR) is 62.3 cm³/mol. The van der Waals surface area contributed by atoms with Crippen LogP contribution in [0.2, 0.25) is 0 Å². The molecular weight excluding hydrogens is 172 g/mol. The van der Waals surface area contributed by atoms with Gasteiger partial charge in [0.25, 0.3) is 0 Å². The molecule has 84 valence electrons. The molecule has 0 radical (unpaired) electrons. The van der Waals surface area contributed by atoms with Crippen molar-refractivity contribution in [3.8, 4) is 0 Å². The molecule has 14 heavy (non-hydrogen) atoms. The number of likely N-dealkylation sites (tertiary alicyclic amines) is 1. The van der Waals surface area contributed by atoms with Crippen molar-refractivity contribution in [1.29, 1.82) is 0 Å². The molecular formula is C12H26N2. The average molecular weight is 198 g/mol. The summed E-state index contributed by atoms with van der Waals surface area (Å²) in [5, 5.41) is 0. The third-order valence-electron chi connectivity index (χ3n) is 3.86. The third-order valence-corrected chi connectivity index (χ3v) is 3.86. The van der Waals surface area contributed by atoms with Gasteiger partial charge in [-0.2, -0.15) is 0 Å². The van der Waals surface area contributed by atoms with Crippen molar-refractivity contribution < 1.29 is 0 Å². The van der Waals surface area contributed by atoms with E-state index in [1.54, 1.807) is 0 Å². The molecule has 1 aliphatic rings. The van der Waals surface area contributed by atoms with Gasteiger partial charge in [0.15, 0.2) is 0 Å². The van der Waals surface area contributed by atoms with Crippen LogP contribution in [0.5, 0.6) is 0 Å². The molecule has 1 aliphatic heterocycles. The molecule has 2 heteroatoms. The van der Waals surface area contributed by atoms with Gasteiger partial charge in [0.2, 0.25) is 0 Å². The molecule has 0 aromatic rings. The second-order valence-electron chi connectivity index (χ2n) is 4.61. The molecule has 0 amide bonds. The largest absolute Gasteiger partial charge is 0.329 e. The minimum absolute atomic E-state index is 0.627. The lowest BCUT2D eigenvalue weighted by Crippen LogP contribution is -2.46. The highest BCUT2D eigenvalue weighted by molar-refractivity contribution is 4.86. The van der Waals surface area contributed by atoms with Gasteiger partial charge in [0.1, 0.15) is 0 Å². The normalized spacial score (nSPS) is 25.9. The molecule has 1 rings (SSSR count). The summed E-state index contributed by atoms with van der Waals surface area (Å²) < 4.78 is 0. The maximum absolute atomic E-state index is 5.93. The summed E-state index contributed by atoms with van der Waals surface area (Å²) in [5.74, 6) is 0.792. The van der Waals surface area contributed by atoms with Crippen molar-refractivity contribution in [1.82, 2.24) is 4.90 Å². The van der Waals surface area contributed by atoms with Crippen LogP contribution in [0.25, 0.3) is 0 Å². The van der Waals surface area contributed by atoms with Crippen LogP contribution in [0.3, 0.4) is 0 Å². The fourth-order valence-electron chi connectivity index (χ4n) is 2.88. The summed E-state index contributed by atoms with van der Waals surface area (Å²) in [4.78, 5) is 2.64. The molecule has 0 saturated carbocycles. The van der Waals surface area contributed by atoms with Gasteiger partial charge in [-0.3, -0.25) is 4.90 Å². The van der Waals surface area contributed by atoms with Crippen LogP contribution in [0, 0.1) is 5.92 Å². The Morgan fingerprint density at radius 3 is 2.36 bits per heavy atom. The lowest BCUT2D eigenvalue weighted by Gasteiger charge is -2.35. The van der Waals surface area contributed by atoms with Crippen LogP contribution in [0.1, 0.15) is 46.5 Å². The number of rotatable bonds is 5. The van der Waals surface area contributed by atoms with Gasteiger partial charge in [-0.15, -0.1) is 0 Å². The van der Waals surface area contributed by atoms with E-state index in [9.17, 15) is 0 Å². The number of hydrogen-bond acceptors (Lipinski definition) is 2. The molecule has 1 fully saturated rings. The Labute approximate surface area is 88.8 Å². The molecule has 2 unspecified atom stereocenters. The smallest absolute Gasteiger partial charge is 0.0249 e. The molecule has 2 N–H and O–H groups in total. The summed E-state index contributed by atoms with van der Waals surface area (Å²) in [6.45, 7) is 9.02. The van der Waals surface area contributed by atoms with Gasteiger partial charge in [-0.1, -0.05) is 26.7 Å². The van der Waals surface area contributed by atoms with E-state index >= 15 is 0 Å². The second kappa shape index (κ2) is 5.72. The zero-order valence-electron chi connectivity index (χ0n) is 10.00. The fraction of sp³-hybridized carbons (Fsp3) is 1.00. The maximum atomic E-state index is 5.93. The van der Waals surface area contributed by atoms with Gasteiger partial charge in [-0.05, 0) is 32.2 Å². The van der Waals surface area contributed by atoms with Crippen LogP contribution < -0.4 is 5.73 Å². The molecule has 0 aliphatic carbocycles. The van der Waals surface area contributed by atoms with E-state index in [0.717, 1.165) is 18.5 Å². The lowest BCUT2D eigenvalue weighted by molar-refractivity contribution is 0.134. The number of nitrogens with two attached hydrogens (primary N) is 1. The minimum Gasteiger partial charge on any atom is -0.329 e. The van der Waals surface area contributed by atoms with Crippen LogP contribution in [-0.2, 0) is 0 Å². The lowest BCUT2D eigenvalue weighted by atomic mass is 9.92. The van der Waals surface area contributed by atoms with E-state index in [-0.39, 0.29) is 0 Å². The Hall–Kier alpha value is -0.0800. The summed E-state index contributed by atoms with van der Waals surface area (Å²) in [6, 6.07) is 1.38.